The molecular formula is C17H36N2O. The topological polar surface area (TPSA) is 26.7 Å². The number of likely N-dealkylation sites (N-methyl/N-ethyl adjacent to an activating group) is 1. The molecule has 1 atom stereocenters. The van der Waals surface area contributed by atoms with Crippen molar-refractivity contribution in [2.24, 2.45) is 11.3 Å². The highest BCUT2D eigenvalue weighted by Gasteiger charge is 2.17. The van der Waals surface area contributed by atoms with Gasteiger partial charge in [-0.1, -0.05) is 27.7 Å². The van der Waals surface area contributed by atoms with E-state index in [1.165, 1.54) is 65.0 Å². The van der Waals surface area contributed by atoms with E-state index in [0.717, 1.165) is 0 Å². The summed E-state index contributed by atoms with van der Waals surface area (Å²) in [4.78, 5) is 5.11. The summed E-state index contributed by atoms with van der Waals surface area (Å²) in [6.45, 7) is 16.8. The minimum Gasteiger partial charge on any atom is -0.396 e. The molecule has 3 nitrogen and oxygen atoms in total. The van der Waals surface area contributed by atoms with Gasteiger partial charge in [0.25, 0.3) is 0 Å². The molecule has 1 fully saturated rings. The first kappa shape index (κ1) is 17.9. The number of aliphatic hydroxyl groups is 1. The molecule has 1 rings (SSSR count). The van der Waals surface area contributed by atoms with Crippen LogP contribution in [0, 0.1) is 11.3 Å². The van der Waals surface area contributed by atoms with Crippen LogP contribution < -0.4 is 0 Å². The molecule has 1 heterocycles. The van der Waals surface area contributed by atoms with Gasteiger partial charge in [-0.2, -0.15) is 0 Å². The Morgan fingerprint density at radius 1 is 1.00 bits per heavy atom. The fourth-order valence-corrected chi connectivity index (χ4v) is 2.90. The van der Waals surface area contributed by atoms with Gasteiger partial charge in [-0.25, -0.2) is 0 Å². The minimum absolute atomic E-state index is 0.361. The van der Waals surface area contributed by atoms with Crippen LogP contribution in [0.2, 0.25) is 0 Å². The zero-order chi connectivity index (χ0) is 15.0. The number of piperazine rings is 1. The summed E-state index contributed by atoms with van der Waals surface area (Å²) in [6, 6.07) is 0. The highest BCUT2D eigenvalue weighted by Crippen LogP contribution is 2.25. The molecule has 1 saturated heterocycles. The van der Waals surface area contributed by atoms with Crippen LogP contribution in [0.5, 0.6) is 0 Å². The molecule has 0 aliphatic carbocycles. The molecule has 1 N–H and O–H groups in total. The van der Waals surface area contributed by atoms with Gasteiger partial charge < -0.3 is 14.9 Å². The molecule has 0 aromatic heterocycles. The zero-order valence-corrected chi connectivity index (χ0v) is 14.2. The van der Waals surface area contributed by atoms with Gasteiger partial charge in [-0.15, -0.1) is 0 Å². The predicted molar refractivity (Wildman–Crippen MR) is 87.1 cm³/mol. The van der Waals surface area contributed by atoms with Crippen LogP contribution in [0.15, 0.2) is 0 Å². The van der Waals surface area contributed by atoms with Gasteiger partial charge in [0.2, 0.25) is 0 Å². The zero-order valence-electron chi connectivity index (χ0n) is 14.2. The molecule has 0 saturated carbocycles. The average Bonchev–Trinajstić information content (AvgIpc) is 2.42. The van der Waals surface area contributed by atoms with Gasteiger partial charge in [0.05, 0.1) is 0 Å². The van der Waals surface area contributed by atoms with Crippen LogP contribution in [0.4, 0.5) is 0 Å². The maximum atomic E-state index is 9.51. The maximum Gasteiger partial charge on any atom is 0.0459 e. The number of aliphatic hydroxyl groups excluding tert-OH is 1. The third-order valence-electron chi connectivity index (χ3n) is 4.56. The van der Waals surface area contributed by atoms with E-state index < -0.39 is 0 Å². The van der Waals surface area contributed by atoms with E-state index >= 15 is 0 Å². The molecule has 0 amide bonds. The van der Waals surface area contributed by atoms with Crippen molar-refractivity contribution < 1.29 is 5.11 Å². The average molecular weight is 284 g/mol. The lowest BCUT2D eigenvalue weighted by Gasteiger charge is -2.34. The minimum atomic E-state index is 0.361. The second-order valence-electron chi connectivity index (χ2n) is 7.57. The number of hydrogen-bond donors (Lipinski definition) is 1. The molecule has 0 aromatic carbocycles. The number of hydrogen-bond acceptors (Lipinski definition) is 3. The smallest absolute Gasteiger partial charge is 0.0459 e. The highest BCUT2D eigenvalue weighted by atomic mass is 16.3. The predicted octanol–water partition coefficient (Wildman–Crippen LogP) is 2.84. The van der Waals surface area contributed by atoms with Crippen molar-refractivity contribution in [3.8, 4) is 0 Å². The lowest BCUT2D eigenvalue weighted by molar-refractivity contribution is 0.129. The molecule has 0 bridgehead atoms. The Hall–Kier alpha value is -0.120. The molecule has 0 radical (unpaired) electrons. The van der Waals surface area contributed by atoms with Crippen molar-refractivity contribution in [1.29, 1.82) is 0 Å². The summed E-state index contributed by atoms with van der Waals surface area (Å²) in [6.07, 6.45) is 4.80. The van der Waals surface area contributed by atoms with E-state index in [0.29, 0.717) is 17.9 Å². The SMILES string of the molecule is CCN1CCN(CCC[C@@H](CO)CCC(C)(C)C)CC1. The Labute approximate surface area is 126 Å². The monoisotopic (exact) mass is 284 g/mol. The van der Waals surface area contributed by atoms with Crippen LogP contribution in [0.25, 0.3) is 0 Å². The van der Waals surface area contributed by atoms with E-state index in [-0.39, 0.29) is 0 Å². The first-order chi connectivity index (χ1) is 9.44. The fraction of sp³-hybridized carbons (Fsp3) is 1.00. The molecular weight excluding hydrogens is 248 g/mol. The van der Waals surface area contributed by atoms with E-state index in [1.54, 1.807) is 0 Å². The van der Waals surface area contributed by atoms with Crippen molar-refractivity contribution in [1.82, 2.24) is 9.80 Å². The molecule has 3 heteroatoms. The lowest BCUT2D eigenvalue weighted by Crippen LogP contribution is -2.46. The Balaban J connectivity index is 2.12. The molecule has 1 aliphatic rings. The van der Waals surface area contributed by atoms with Crippen molar-refractivity contribution >= 4 is 0 Å². The quantitative estimate of drug-likeness (QED) is 0.742. The standard InChI is InChI=1S/C17H36N2O/c1-5-18-11-13-19(14-12-18)10-6-7-16(15-20)8-9-17(2,3)4/h16,20H,5-15H2,1-4H3/t16-/m1/s1. The summed E-state index contributed by atoms with van der Waals surface area (Å²) in [5.74, 6) is 0.506. The van der Waals surface area contributed by atoms with Crippen LogP contribution in [-0.2, 0) is 0 Å². The lowest BCUT2D eigenvalue weighted by atomic mass is 9.85. The van der Waals surface area contributed by atoms with Gasteiger partial charge in [0.1, 0.15) is 0 Å². The van der Waals surface area contributed by atoms with Crippen LogP contribution in [-0.4, -0.2) is 60.8 Å². The molecule has 0 spiro atoms. The molecule has 0 aromatic rings. The summed E-state index contributed by atoms with van der Waals surface area (Å²) in [7, 11) is 0. The first-order valence-electron chi connectivity index (χ1n) is 8.50. The Kier molecular flexibility index (Phi) is 8.08. The Morgan fingerprint density at radius 2 is 1.60 bits per heavy atom. The van der Waals surface area contributed by atoms with Gasteiger partial charge in [0, 0.05) is 32.8 Å². The second-order valence-corrected chi connectivity index (χ2v) is 7.57. The van der Waals surface area contributed by atoms with Crippen molar-refractivity contribution in [3.63, 3.8) is 0 Å². The number of nitrogens with zero attached hydrogens (tertiary/aromatic N) is 2. The van der Waals surface area contributed by atoms with E-state index in [2.05, 4.69) is 37.5 Å². The van der Waals surface area contributed by atoms with Gasteiger partial charge in [0.15, 0.2) is 0 Å². The van der Waals surface area contributed by atoms with Crippen LogP contribution >= 0.6 is 0 Å². The second kappa shape index (κ2) is 9.01. The van der Waals surface area contributed by atoms with Crippen molar-refractivity contribution in [3.05, 3.63) is 0 Å². The molecule has 1 aliphatic heterocycles. The van der Waals surface area contributed by atoms with Crippen LogP contribution in [0.3, 0.4) is 0 Å². The van der Waals surface area contributed by atoms with Gasteiger partial charge in [-0.05, 0) is 50.1 Å². The van der Waals surface area contributed by atoms with E-state index in [1.807, 2.05) is 0 Å². The summed E-state index contributed by atoms with van der Waals surface area (Å²) < 4.78 is 0. The molecule has 20 heavy (non-hydrogen) atoms. The maximum absolute atomic E-state index is 9.51. The number of rotatable bonds is 8. The van der Waals surface area contributed by atoms with E-state index in [4.69, 9.17) is 0 Å². The van der Waals surface area contributed by atoms with Gasteiger partial charge >= 0.3 is 0 Å². The van der Waals surface area contributed by atoms with Gasteiger partial charge in [-0.3, -0.25) is 0 Å². The first-order valence-corrected chi connectivity index (χ1v) is 8.50. The van der Waals surface area contributed by atoms with Crippen molar-refractivity contribution in [2.75, 3.05) is 45.9 Å². The Bertz CT molecular complexity index is 242. The Morgan fingerprint density at radius 3 is 2.10 bits per heavy atom. The fourth-order valence-electron chi connectivity index (χ4n) is 2.90. The highest BCUT2D eigenvalue weighted by molar-refractivity contribution is 4.72. The molecule has 120 valence electrons. The summed E-state index contributed by atoms with van der Waals surface area (Å²) in [5, 5.41) is 9.51. The van der Waals surface area contributed by atoms with Crippen molar-refractivity contribution in [2.45, 2.75) is 53.4 Å². The third kappa shape index (κ3) is 7.61. The van der Waals surface area contributed by atoms with E-state index in [9.17, 15) is 5.11 Å². The normalized spacial score (nSPS) is 20.2. The third-order valence-corrected chi connectivity index (χ3v) is 4.56. The molecule has 0 unspecified atom stereocenters. The van der Waals surface area contributed by atoms with Crippen LogP contribution in [0.1, 0.15) is 53.4 Å². The summed E-state index contributed by atoms with van der Waals surface area (Å²) >= 11 is 0. The summed E-state index contributed by atoms with van der Waals surface area (Å²) in [5.41, 5.74) is 0.393. The largest absolute Gasteiger partial charge is 0.396 e.